The van der Waals surface area contributed by atoms with Crippen LogP contribution in [0.25, 0.3) is 11.2 Å². The van der Waals surface area contributed by atoms with Crippen LogP contribution in [0.2, 0.25) is 0 Å². The summed E-state index contributed by atoms with van der Waals surface area (Å²) >= 11 is 0. The molecule has 0 saturated heterocycles. The number of aromatic amines is 1. The first-order valence-electron chi connectivity index (χ1n) is 6.32. The van der Waals surface area contributed by atoms with Gasteiger partial charge in [0.1, 0.15) is 5.82 Å². The molecule has 0 aliphatic rings. The van der Waals surface area contributed by atoms with E-state index < -0.39 is 0 Å². The quantitative estimate of drug-likeness (QED) is 0.875. The Labute approximate surface area is 103 Å². The lowest BCUT2D eigenvalue weighted by Crippen LogP contribution is -2.14. The highest BCUT2D eigenvalue weighted by Crippen LogP contribution is 2.31. The molecule has 3 heteroatoms. The molecule has 0 radical (unpaired) electrons. The van der Waals surface area contributed by atoms with Crippen LogP contribution in [-0.2, 0) is 0 Å². The Morgan fingerprint density at radius 2 is 1.76 bits per heavy atom. The number of nitrogens with one attached hydrogen (secondary N) is 1. The van der Waals surface area contributed by atoms with Crippen molar-refractivity contribution in [1.29, 1.82) is 0 Å². The first-order chi connectivity index (χ1) is 8.00. The van der Waals surface area contributed by atoms with Gasteiger partial charge in [0.2, 0.25) is 0 Å². The van der Waals surface area contributed by atoms with Gasteiger partial charge in [-0.2, -0.15) is 0 Å². The van der Waals surface area contributed by atoms with Crippen LogP contribution in [0.4, 0.5) is 0 Å². The van der Waals surface area contributed by atoms with E-state index in [0.29, 0.717) is 17.8 Å². The summed E-state index contributed by atoms with van der Waals surface area (Å²) in [7, 11) is 0. The van der Waals surface area contributed by atoms with Crippen molar-refractivity contribution >= 4 is 11.2 Å². The average molecular weight is 231 g/mol. The monoisotopic (exact) mass is 231 g/mol. The highest BCUT2D eigenvalue weighted by molar-refractivity contribution is 5.74. The molecule has 0 fully saturated rings. The van der Waals surface area contributed by atoms with Crippen molar-refractivity contribution in [3.8, 4) is 0 Å². The lowest BCUT2D eigenvalue weighted by molar-refractivity contribution is 0.374. The van der Waals surface area contributed by atoms with Crippen LogP contribution in [0.15, 0.2) is 12.3 Å². The molecule has 2 aromatic heterocycles. The number of pyridine rings is 1. The molecule has 0 amide bonds. The number of aryl methyl sites for hydroxylation is 1. The first-order valence-corrected chi connectivity index (χ1v) is 6.32. The highest BCUT2D eigenvalue weighted by Gasteiger charge is 2.23. The summed E-state index contributed by atoms with van der Waals surface area (Å²) in [6, 6.07) is 2.02. The van der Waals surface area contributed by atoms with Gasteiger partial charge < -0.3 is 4.98 Å². The van der Waals surface area contributed by atoms with Crippen molar-refractivity contribution < 1.29 is 0 Å². The Balaban J connectivity index is 2.52. The van der Waals surface area contributed by atoms with Crippen LogP contribution < -0.4 is 0 Å². The summed E-state index contributed by atoms with van der Waals surface area (Å²) in [5, 5.41) is 0. The maximum Gasteiger partial charge on any atom is 0.177 e. The molecule has 0 bridgehead atoms. The zero-order valence-corrected chi connectivity index (χ0v) is 11.3. The number of rotatable bonds is 3. The van der Waals surface area contributed by atoms with E-state index in [1.807, 2.05) is 12.3 Å². The Kier molecular flexibility index (Phi) is 3.18. The predicted molar refractivity (Wildman–Crippen MR) is 71.0 cm³/mol. The topological polar surface area (TPSA) is 41.6 Å². The van der Waals surface area contributed by atoms with Crippen LogP contribution in [0.3, 0.4) is 0 Å². The van der Waals surface area contributed by atoms with Crippen LogP contribution in [-0.4, -0.2) is 15.0 Å². The number of hydrogen-bond acceptors (Lipinski definition) is 2. The first kappa shape index (κ1) is 12.1. The largest absolute Gasteiger partial charge is 0.340 e. The van der Waals surface area contributed by atoms with Gasteiger partial charge in [0.05, 0.1) is 5.52 Å². The Morgan fingerprint density at radius 3 is 2.29 bits per heavy atom. The number of imidazole rings is 1. The van der Waals surface area contributed by atoms with Gasteiger partial charge in [0.25, 0.3) is 0 Å². The fraction of sp³-hybridized carbons (Fsp3) is 0.571. The molecule has 17 heavy (non-hydrogen) atoms. The zero-order valence-electron chi connectivity index (χ0n) is 11.3. The van der Waals surface area contributed by atoms with E-state index in [-0.39, 0.29) is 0 Å². The second kappa shape index (κ2) is 4.47. The number of nitrogens with zero attached hydrogens (tertiary/aromatic N) is 2. The van der Waals surface area contributed by atoms with Gasteiger partial charge in [-0.25, -0.2) is 9.97 Å². The number of hydrogen-bond donors (Lipinski definition) is 1. The van der Waals surface area contributed by atoms with Crippen molar-refractivity contribution in [1.82, 2.24) is 15.0 Å². The maximum absolute atomic E-state index is 4.65. The maximum atomic E-state index is 4.65. The molecule has 0 saturated carbocycles. The second-order valence-electron chi connectivity index (χ2n) is 5.46. The molecule has 0 atom stereocenters. The van der Waals surface area contributed by atoms with E-state index in [1.54, 1.807) is 0 Å². The van der Waals surface area contributed by atoms with Gasteiger partial charge in [-0.15, -0.1) is 0 Å². The SMILES string of the molecule is Cc1ccnc2nc(C(C(C)C)C(C)C)[nH]c12. The molecule has 0 spiro atoms. The summed E-state index contributed by atoms with van der Waals surface area (Å²) in [5.74, 6) is 2.70. The van der Waals surface area contributed by atoms with Crippen molar-refractivity contribution in [2.24, 2.45) is 11.8 Å². The van der Waals surface area contributed by atoms with Crippen LogP contribution in [0, 0.1) is 18.8 Å². The van der Waals surface area contributed by atoms with E-state index in [2.05, 4.69) is 49.6 Å². The number of aromatic nitrogens is 3. The van der Waals surface area contributed by atoms with Crippen LogP contribution in [0.1, 0.15) is 45.0 Å². The highest BCUT2D eigenvalue weighted by atomic mass is 15.0. The van der Waals surface area contributed by atoms with E-state index in [4.69, 9.17) is 0 Å². The van der Waals surface area contributed by atoms with Crippen LogP contribution >= 0.6 is 0 Å². The molecule has 2 heterocycles. The fourth-order valence-electron chi connectivity index (χ4n) is 2.61. The van der Waals surface area contributed by atoms with Gasteiger partial charge in [-0.05, 0) is 30.4 Å². The molecule has 92 valence electrons. The lowest BCUT2D eigenvalue weighted by Gasteiger charge is -2.22. The van der Waals surface area contributed by atoms with Crippen LogP contribution in [0.5, 0.6) is 0 Å². The Hall–Kier alpha value is -1.38. The molecule has 0 aliphatic carbocycles. The second-order valence-corrected chi connectivity index (χ2v) is 5.46. The number of fused-ring (bicyclic) bond motifs is 1. The van der Waals surface area contributed by atoms with E-state index in [0.717, 1.165) is 17.0 Å². The minimum Gasteiger partial charge on any atom is -0.340 e. The molecule has 0 unspecified atom stereocenters. The van der Waals surface area contributed by atoms with E-state index in [9.17, 15) is 0 Å². The normalized spacial score (nSPS) is 12.2. The van der Waals surface area contributed by atoms with Crippen molar-refractivity contribution in [3.05, 3.63) is 23.7 Å². The Morgan fingerprint density at radius 1 is 1.12 bits per heavy atom. The lowest BCUT2D eigenvalue weighted by atomic mass is 9.85. The van der Waals surface area contributed by atoms with Crippen molar-refractivity contribution in [2.45, 2.75) is 40.5 Å². The molecule has 0 aliphatic heterocycles. The summed E-state index contributed by atoms with van der Waals surface area (Å²) in [4.78, 5) is 12.4. The minimum atomic E-state index is 0.462. The molecule has 0 aromatic carbocycles. The smallest absolute Gasteiger partial charge is 0.177 e. The molecule has 3 nitrogen and oxygen atoms in total. The Bertz CT molecular complexity index is 503. The van der Waals surface area contributed by atoms with Crippen molar-refractivity contribution in [2.75, 3.05) is 0 Å². The van der Waals surface area contributed by atoms with E-state index >= 15 is 0 Å². The van der Waals surface area contributed by atoms with Gasteiger partial charge >= 0.3 is 0 Å². The summed E-state index contributed by atoms with van der Waals surface area (Å²) < 4.78 is 0. The fourth-order valence-corrected chi connectivity index (χ4v) is 2.61. The summed E-state index contributed by atoms with van der Waals surface area (Å²) in [6.07, 6.45) is 1.82. The standard InChI is InChI=1S/C14H21N3/c1-8(2)11(9(3)4)13-16-12-10(5)6-7-15-14(12)17-13/h6-9,11H,1-5H3,(H,15,16,17). The van der Waals surface area contributed by atoms with E-state index in [1.165, 1.54) is 5.56 Å². The van der Waals surface area contributed by atoms with Gasteiger partial charge in [-0.3, -0.25) is 0 Å². The minimum absolute atomic E-state index is 0.462. The average Bonchev–Trinajstić information content (AvgIpc) is 2.61. The van der Waals surface area contributed by atoms with Gasteiger partial charge in [0.15, 0.2) is 5.65 Å². The van der Waals surface area contributed by atoms with Gasteiger partial charge in [0, 0.05) is 12.1 Å². The summed E-state index contributed by atoms with van der Waals surface area (Å²) in [5.41, 5.74) is 3.13. The third-order valence-electron chi connectivity index (χ3n) is 3.37. The third-order valence-corrected chi connectivity index (χ3v) is 3.37. The molecular weight excluding hydrogens is 210 g/mol. The predicted octanol–water partition coefficient (Wildman–Crippen LogP) is 3.66. The molecule has 2 rings (SSSR count). The zero-order chi connectivity index (χ0) is 12.6. The van der Waals surface area contributed by atoms with Gasteiger partial charge in [-0.1, -0.05) is 27.7 Å². The third kappa shape index (κ3) is 2.19. The molecular formula is C14H21N3. The molecule has 2 aromatic rings. The van der Waals surface area contributed by atoms with Crippen molar-refractivity contribution in [3.63, 3.8) is 0 Å². The molecule has 1 N–H and O–H groups in total. The summed E-state index contributed by atoms with van der Waals surface area (Å²) in [6.45, 7) is 11.1. The number of H-pyrrole nitrogens is 1.